The first-order chi connectivity index (χ1) is 16.0. The lowest BCUT2D eigenvalue weighted by Gasteiger charge is -2.26. The minimum Gasteiger partial charge on any atom is -0.497 e. The van der Waals surface area contributed by atoms with E-state index in [0.717, 1.165) is 11.3 Å². The van der Waals surface area contributed by atoms with E-state index in [1.54, 1.807) is 32.4 Å². The van der Waals surface area contributed by atoms with Gasteiger partial charge in [0.15, 0.2) is 11.5 Å². The number of nitrogens with one attached hydrogen (secondary N) is 1. The minimum atomic E-state index is -0.477. The first-order valence-corrected chi connectivity index (χ1v) is 10.2. The molecule has 0 spiro atoms. The van der Waals surface area contributed by atoms with Crippen molar-refractivity contribution in [1.29, 1.82) is 0 Å². The van der Waals surface area contributed by atoms with Gasteiger partial charge < -0.3 is 19.5 Å². The molecule has 9 nitrogen and oxygen atoms in total. The maximum absolute atomic E-state index is 13.4. The third-order valence-electron chi connectivity index (χ3n) is 5.13. The van der Waals surface area contributed by atoms with Crippen LogP contribution in [-0.4, -0.2) is 38.9 Å². The van der Waals surface area contributed by atoms with Crippen LogP contribution in [0.1, 0.15) is 11.1 Å². The Morgan fingerprint density at radius 2 is 1.79 bits per heavy atom. The number of pyridine rings is 1. The van der Waals surface area contributed by atoms with Crippen LogP contribution in [0.4, 0.5) is 22.0 Å². The van der Waals surface area contributed by atoms with Crippen LogP contribution >= 0.6 is 0 Å². The summed E-state index contributed by atoms with van der Waals surface area (Å²) in [5.41, 5.74) is 2.17. The summed E-state index contributed by atoms with van der Waals surface area (Å²) in [4.78, 5) is 30.3. The third-order valence-corrected chi connectivity index (χ3v) is 5.13. The molecule has 0 atom stereocenters. The fourth-order valence-corrected chi connectivity index (χ4v) is 3.45. The fourth-order valence-electron chi connectivity index (χ4n) is 3.45. The maximum atomic E-state index is 13.4. The molecule has 9 heteroatoms. The molecule has 0 unspecified atom stereocenters. The van der Waals surface area contributed by atoms with Crippen LogP contribution in [0.2, 0.25) is 0 Å². The van der Waals surface area contributed by atoms with Crippen molar-refractivity contribution in [2.75, 3.05) is 32.8 Å². The number of carbonyl (C=O) groups is 1. The summed E-state index contributed by atoms with van der Waals surface area (Å²) in [5.74, 6) is 1.88. The molecule has 0 saturated carbocycles. The van der Waals surface area contributed by atoms with Crippen molar-refractivity contribution < 1.29 is 19.0 Å². The number of nitrogens with zero attached hydrogens (tertiary/aromatic N) is 3. The number of carbonyl (C=O) groups excluding carboxylic acids is 1. The lowest BCUT2D eigenvalue weighted by atomic mass is 10.1. The average molecular weight is 450 g/mol. The van der Waals surface area contributed by atoms with Gasteiger partial charge in [-0.1, -0.05) is 12.1 Å². The summed E-state index contributed by atoms with van der Waals surface area (Å²) < 4.78 is 16.1. The van der Waals surface area contributed by atoms with Crippen molar-refractivity contribution in [1.82, 2.24) is 10.3 Å². The van der Waals surface area contributed by atoms with Crippen molar-refractivity contribution >= 4 is 23.2 Å². The standard InChI is InChI=1S/C24H26N4O5/c1-16-21(32-3)12-11-20(22(16)33-4)28(23-19(27-30)6-5-14-25-23)24(29)26-15-13-17-7-9-18(31-2)10-8-17/h5-12,14H,13,15H2,1-4H3,(H,26,29). The van der Waals surface area contributed by atoms with E-state index >= 15 is 0 Å². The molecule has 33 heavy (non-hydrogen) atoms. The van der Waals surface area contributed by atoms with Gasteiger partial charge in [0.1, 0.15) is 17.2 Å². The molecule has 0 fully saturated rings. The second-order valence-electron chi connectivity index (χ2n) is 7.05. The average Bonchev–Trinajstić information content (AvgIpc) is 2.85. The van der Waals surface area contributed by atoms with E-state index in [0.29, 0.717) is 35.7 Å². The summed E-state index contributed by atoms with van der Waals surface area (Å²) in [6, 6.07) is 13.6. The number of hydrogen-bond donors (Lipinski definition) is 1. The number of benzene rings is 2. The minimum absolute atomic E-state index is 0.0262. The van der Waals surface area contributed by atoms with E-state index in [9.17, 15) is 9.70 Å². The Morgan fingerprint density at radius 3 is 2.42 bits per heavy atom. The smallest absolute Gasteiger partial charge is 0.327 e. The Bertz CT molecular complexity index is 1120. The molecule has 0 aliphatic rings. The summed E-state index contributed by atoms with van der Waals surface area (Å²) in [6.07, 6.45) is 2.09. The first kappa shape index (κ1) is 23.5. The normalized spacial score (nSPS) is 10.3. The highest BCUT2D eigenvalue weighted by atomic mass is 16.5. The highest BCUT2D eigenvalue weighted by Crippen LogP contribution is 2.42. The highest BCUT2D eigenvalue weighted by Gasteiger charge is 2.27. The Balaban J connectivity index is 1.93. The predicted molar refractivity (Wildman–Crippen MR) is 126 cm³/mol. The van der Waals surface area contributed by atoms with Gasteiger partial charge in [-0.2, -0.15) is 0 Å². The lowest BCUT2D eigenvalue weighted by molar-refractivity contribution is 0.248. The van der Waals surface area contributed by atoms with E-state index in [-0.39, 0.29) is 11.5 Å². The number of amides is 2. The van der Waals surface area contributed by atoms with Crippen LogP contribution in [0.15, 0.2) is 59.9 Å². The van der Waals surface area contributed by atoms with Crippen LogP contribution in [-0.2, 0) is 6.42 Å². The number of ether oxygens (including phenoxy) is 3. The molecule has 0 bridgehead atoms. The Hall–Kier alpha value is -4.14. The van der Waals surface area contributed by atoms with Gasteiger partial charge in [-0.25, -0.2) is 14.7 Å². The van der Waals surface area contributed by atoms with Crippen LogP contribution < -0.4 is 24.4 Å². The Kier molecular flexibility index (Phi) is 7.80. The Labute approximate surface area is 192 Å². The molecule has 1 heterocycles. The second-order valence-corrected chi connectivity index (χ2v) is 7.05. The van der Waals surface area contributed by atoms with Crippen LogP contribution in [0.5, 0.6) is 17.2 Å². The van der Waals surface area contributed by atoms with Crippen LogP contribution in [0, 0.1) is 11.8 Å². The zero-order valence-corrected chi connectivity index (χ0v) is 19.0. The molecule has 1 aromatic heterocycles. The molecule has 1 N–H and O–H groups in total. The van der Waals surface area contributed by atoms with Gasteiger partial charge in [0.05, 0.1) is 27.0 Å². The molecule has 0 radical (unpaired) electrons. The van der Waals surface area contributed by atoms with E-state index in [4.69, 9.17) is 14.2 Å². The van der Waals surface area contributed by atoms with Gasteiger partial charge in [-0.15, -0.1) is 4.91 Å². The number of hydrogen-bond acceptors (Lipinski definition) is 7. The molecule has 2 aromatic carbocycles. The zero-order chi connectivity index (χ0) is 23.8. The van der Waals surface area contributed by atoms with Gasteiger partial charge >= 0.3 is 6.03 Å². The quantitative estimate of drug-likeness (QED) is 0.465. The van der Waals surface area contributed by atoms with Gasteiger partial charge in [0, 0.05) is 18.3 Å². The molecule has 0 saturated heterocycles. The molecule has 3 rings (SSSR count). The first-order valence-electron chi connectivity index (χ1n) is 10.2. The SMILES string of the molecule is COc1ccc(CCNC(=O)N(c2ccc(OC)c(C)c2OC)c2ncccc2N=O)cc1. The van der Waals surface area contributed by atoms with Crippen molar-refractivity contribution in [3.63, 3.8) is 0 Å². The summed E-state index contributed by atoms with van der Waals surface area (Å²) in [5, 5.41) is 5.94. The molecule has 172 valence electrons. The van der Waals surface area contributed by atoms with Crippen molar-refractivity contribution in [2.45, 2.75) is 13.3 Å². The van der Waals surface area contributed by atoms with E-state index < -0.39 is 6.03 Å². The molecular weight excluding hydrogens is 424 g/mol. The van der Waals surface area contributed by atoms with Gasteiger partial charge in [0.2, 0.25) is 0 Å². The molecule has 3 aromatic rings. The zero-order valence-electron chi connectivity index (χ0n) is 19.0. The van der Waals surface area contributed by atoms with Gasteiger partial charge in [-0.05, 0) is 60.5 Å². The number of rotatable bonds is 9. The summed E-state index contributed by atoms with van der Waals surface area (Å²) in [7, 11) is 4.67. The molecule has 0 aliphatic carbocycles. The highest BCUT2D eigenvalue weighted by molar-refractivity contribution is 6.02. The predicted octanol–water partition coefficient (Wildman–Crippen LogP) is 4.90. The number of aromatic nitrogens is 1. The number of methoxy groups -OCH3 is 3. The summed E-state index contributed by atoms with van der Waals surface area (Å²) >= 11 is 0. The van der Waals surface area contributed by atoms with Crippen molar-refractivity contribution in [3.05, 3.63) is 70.8 Å². The maximum Gasteiger partial charge on any atom is 0.327 e. The third kappa shape index (κ3) is 5.20. The van der Waals surface area contributed by atoms with Gasteiger partial charge in [-0.3, -0.25) is 0 Å². The number of anilines is 2. The monoisotopic (exact) mass is 450 g/mol. The largest absolute Gasteiger partial charge is 0.497 e. The Morgan fingerprint density at radius 1 is 1.03 bits per heavy atom. The second kappa shape index (κ2) is 10.9. The number of nitroso groups, excluding NO2 is 1. The van der Waals surface area contributed by atoms with Gasteiger partial charge in [0.25, 0.3) is 0 Å². The molecular formula is C24H26N4O5. The molecule has 0 aliphatic heterocycles. The van der Waals surface area contributed by atoms with Crippen molar-refractivity contribution in [2.24, 2.45) is 5.18 Å². The van der Waals surface area contributed by atoms with E-state index in [1.807, 2.05) is 31.2 Å². The van der Waals surface area contributed by atoms with Crippen LogP contribution in [0.25, 0.3) is 0 Å². The fraction of sp³-hybridized carbons (Fsp3) is 0.250. The molecule has 2 amide bonds. The summed E-state index contributed by atoms with van der Waals surface area (Å²) in [6.45, 7) is 2.17. The lowest BCUT2D eigenvalue weighted by Crippen LogP contribution is -2.38. The van der Waals surface area contributed by atoms with Crippen LogP contribution in [0.3, 0.4) is 0 Å². The number of urea groups is 1. The van der Waals surface area contributed by atoms with E-state index in [1.165, 1.54) is 24.3 Å². The van der Waals surface area contributed by atoms with Crippen molar-refractivity contribution in [3.8, 4) is 17.2 Å². The van der Waals surface area contributed by atoms with E-state index in [2.05, 4.69) is 15.5 Å². The topological polar surface area (TPSA) is 102 Å².